The van der Waals surface area contributed by atoms with Crippen LogP contribution in [0.25, 0.3) is 0 Å². The van der Waals surface area contributed by atoms with E-state index in [1.54, 1.807) is 20.8 Å². The van der Waals surface area contributed by atoms with Crippen molar-refractivity contribution in [3.63, 3.8) is 0 Å². The third kappa shape index (κ3) is 25.0. The van der Waals surface area contributed by atoms with Crippen LogP contribution < -0.4 is 5.32 Å². The van der Waals surface area contributed by atoms with Gasteiger partial charge in [0.1, 0.15) is 12.1 Å². The lowest BCUT2D eigenvalue weighted by atomic mass is 10.2. The lowest BCUT2D eigenvalue weighted by Gasteiger charge is -2.19. The van der Waals surface area contributed by atoms with Gasteiger partial charge >= 0.3 is 18.0 Å². The Morgan fingerprint density at radius 2 is 1.52 bits per heavy atom. The van der Waals surface area contributed by atoms with Crippen molar-refractivity contribution in [2.75, 3.05) is 20.8 Å². The molecule has 0 rings (SSSR count). The molecule has 1 amide bonds. The third-order valence-corrected chi connectivity index (χ3v) is 1.67. The van der Waals surface area contributed by atoms with Crippen LogP contribution in [-0.4, -0.2) is 44.4 Å². The molecule has 0 atom stereocenters. The molecule has 1 N–H and O–H groups in total. The molecule has 0 saturated heterocycles. The Balaban J connectivity index is -0.000000343. The Morgan fingerprint density at radius 1 is 1.04 bits per heavy atom. The van der Waals surface area contributed by atoms with Crippen LogP contribution in [0.2, 0.25) is 0 Å². The first-order chi connectivity index (χ1) is 10.7. The lowest BCUT2D eigenvalue weighted by molar-refractivity contribution is -0.141. The summed E-state index contributed by atoms with van der Waals surface area (Å²) in [6.07, 6.45) is -0.183. The summed E-state index contributed by atoms with van der Waals surface area (Å²) in [5, 5.41) is 10.2. The van der Waals surface area contributed by atoms with Crippen LogP contribution in [0.15, 0.2) is 0 Å². The summed E-state index contributed by atoms with van der Waals surface area (Å²) in [5.41, 5.74) is -0.555. The van der Waals surface area contributed by atoms with Crippen LogP contribution in [0.3, 0.4) is 0 Å². The van der Waals surface area contributed by atoms with Gasteiger partial charge in [-0.25, -0.2) is 4.79 Å². The molecule has 0 heterocycles. The minimum absolute atomic E-state index is 0.175. The van der Waals surface area contributed by atoms with Gasteiger partial charge in [-0.15, -0.1) is 0 Å². The van der Waals surface area contributed by atoms with Crippen molar-refractivity contribution in [1.29, 1.82) is 5.26 Å². The second-order valence-electron chi connectivity index (χ2n) is 4.67. The SMILES string of the molecule is CC.COC(=O)CCC#N.COC(=O)CNC(=O)OC(C)(C)C. The average Bonchev–Trinajstić information content (AvgIpc) is 2.51. The Labute approximate surface area is 138 Å². The number of rotatable bonds is 4. The number of alkyl carbamates (subject to hydrolysis) is 1. The Kier molecular flexibility index (Phi) is 17.9. The van der Waals surface area contributed by atoms with Crippen molar-refractivity contribution >= 4 is 18.0 Å². The molecule has 0 unspecified atom stereocenters. The second-order valence-corrected chi connectivity index (χ2v) is 4.67. The zero-order chi connectivity index (χ0) is 18.9. The fraction of sp³-hybridized carbons (Fsp3) is 0.733. The summed E-state index contributed by atoms with van der Waals surface area (Å²) in [6.45, 7) is 9.05. The van der Waals surface area contributed by atoms with Crippen molar-refractivity contribution < 1.29 is 28.6 Å². The van der Waals surface area contributed by atoms with E-state index < -0.39 is 17.7 Å². The van der Waals surface area contributed by atoms with E-state index in [1.165, 1.54) is 14.2 Å². The van der Waals surface area contributed by atoms with Crippen molar-refractivity contribution in [1.82, 2.24) is 5.32 Å². The van der Waals surface area contributed by atoms with Crippen molar-refractivity contribution in [2.45, 2.75) is 53.1 Å². The number of amides is 1. The predicted octanol–water partition coefficient (Wildman–Crippen LogP) is 2.17. The minimum atomic E-state index is -0.627. The highest BCUT2D eigenvalue weighted by molar-refractivity contribution is 5.77. The number of ether oxygens (including phenoxy) is 3. The van der Waals surface area contributed by atoms with E-state index >= 15 is 0 Å². The first-order valence-corrected chi connectivity index (χ1v) is 7.13. The van der Waals surface area contributed by atoms with Gasteiger partial charge in [0, 0.05) is 6.42 Å². The molecular formula is C15H28N2O6. The van der Waals surface area contributed by atoms with E-state index in [4.69, 9.17) is 10.00 Å². The molecule has 0 aliphatic rings. The Morgan fingerprint density at radius 3 is 1.87 bits per heavy atom. The van der Waals surface area contributed by atoms with Gasteiger partial charge in [0.15, 0.2) is 0 Å². The van der Waals surface area contributed by atoms with Gasteiger partial charge in [-0.05, 0) is 20.8 Å². The van der Waals surface area contributed by atoms with E-state index in [-0.39, 0.29) is 25.4 Å². The Hall–Kier alpha value is -2.30. The molecular weight excluding hydrogens is 304 g/mol. The topological polar surface area (TPSA) is 115 Å². The number of nitrogens with one attached hydrogen (secondary N) is 1. The molecule has 134 valence electrons. The average molecular weight is 332 g/mol. The van der Waals surface area contributed by atoms with Gasteiger partial charge in [-0.1, -0.05) is 13.8 Å². The predicted molar refractivity (Wildman–Crippen MR) is 84.5 cm³/mol. The quantitative estimate of drug-likeness (QED) is 0.619. The van der Waals surface area contributed by atoms with Gasteiger partial charge < -0.3 is 19.5 Å². The maximum atomic E-state index is 10.9. The summed E-state index contributed by atoms with van der Waals surface area (Å²) in [5.74, 6) is -0.836. The van der Waals surface area contributed by atoms with Crippen LogP contribution in [0.4, 0.5) is 4.79 Å². The van der Waals surface area contributed by atoms with Gasteiger partial charge in [-0.2, -0.15) is 5.26 Å². The molecule has 0 fully saturated rings. The number of nitriles is 1. The number of hydrogen-bond acceptors (Lipinski definition) is 7. The monoisotopic (exact) mass is 332 g/mol. The molecule has 0 aromatic carbocycles. The van der Waals surface area contributed by atoms with Crippen LogP contribution in [0, 0.1) is 11.3 Å². The molecule has 0 radical (unpaired) electrons. The minimum Gasteiger partial charge on any atom is -0.469 e. The Bertz CT molecular complexity index is 382. The molecule has 8 nitrogen and oxygen atoms in total. The number of methoxy groups -OCH3 is 2. The van der Waals surface area contributed by atoms with E-state index in [1.807, 2.05) is 19.9 Å². The molecule has 8 heteroatoms. The fourth-order valence-electron chi connectivity index (χ4n) is 0.791. The first kappa shape index (κ1) is 25.6. The van der Waals surface area contributed by atoms with Crippen molar-refractivity contribution in [2.24, 2.45) is 0 Å². The van der Waals surface area contributed by atoms with Crippen LogP contribution in [0.5, 0.6) is 0 Å². The molecule has 0 aromatic heterocycles. The zero-order valence-electron chi connectivity index (χ0n) is 15.0. The van der Waals surface area contributed by atoms with Crippen LogP contribution >= 0.6 is 0 Å². The van der Waals surface area contributed by atoms with E-state index in [2.05, 4.69) is 14.8 Å². The molecule has 0 aliphatic carbocycles. The first-order valence-electron chi connectivity index (χ1n) is 7.13. The summed E-state index contributed by atoms with van der Waals surface area (Å²) in [4.78, 5) is 31.7. The molecule has 0 saturated carbocycles. The maximum absolute atomic E-state index is 10.9. The van der Waals surface area contributed by atoms with E-state index in [0.29, 0.717) is 0 Å². The number of esters is 2. The normalized spacial score (nSPS) is 8.78. The van der Waals surface area contributed by atoms with E-state index in [9.17, 15) is 14.4 Å². The third-order valence-electron chi connectivity index (χ3n) is 1.67. The summed E-state index contributed by atoms with van der Waals surface area (Å²) in [6, 6.07) is 1.83. The highest BCUT2D eigenvalue weighted by Gasteiger charge is 2.16. The number of nitrogens with zero attached hydrogens (tertiary/aromatic N) is 1. The summed E-state index contributed by atoms with van der Waals surface area (Å²) in [7, 11) is 2.55. The van der Waals surface area contributed by atoms with Gasteiger partial charge in [0.05, 0.1) is 26.7 Å². The van der Waals surface area contributed by atoms with Crippen molar-refractivity contribution in [3.8, 4) is 6.07 Å². The number of carbonyl (C=O) groups is 3. The molecule has 0 aliphatic heterocycles. The number of carbonyl (C=O) groups excluding carboxylic acids is 3. The van der Waals surface area contributed by atoms with Gasteiger partial charge in [0.2, 0.25) is 0 Å². The molecule has 0 bridgehead atoms. The lowest BCUT2D eigenvalue weighted by Crippen LogP contribution is -2.35. The fourth-order valence-corrected chi connectivity index (χ4v) is 0.791. The standard InChI is InChI=1S/C8H15NO4.C5H7NO2.C2H6/c1-8(2,3)13-7(11)9-5-6(10)12-4;1-8-5(7)3-2-4-6;1-2/h5H2,1-4H3,(H,9,11);2-3H2,1H3;1-2H3. The van der Waals surface area contributed by atoms with Gasteiger partial charge in [0.25, 0.3) is 0 Å². The number of hydrogen-bond donors (Lipinski definition) is 1. The highest BCUT2D eigenvalue weighted by atomic mass is 16.6. The second kappa shape index (κ2) is 16.1. The van der Waals surface area contributed by atoms with Crippen LogP contribution in [-0.2, 0) is 23.8 Å². The highest BCUT2D eigenvalue weighted by Crippen LogP contribution is 2.05. The molecule has 0 spiro atoms. The maximum Gasteiger partial charge on any atom is 0.408 e. The van der Waals surface area contributed by atoms with Gasteiger partial charge in [-0.3, -0.25) is 9.59 Å². The largest absolute Gasteiger partial charge is 0.469 e. The summed E-state index contributed by atoms with van der Waals surface area (Å²) < 4.78 is 13.5. The van der Waals surface area contributed by atoms with Crippen LogP contribution in [0.1, 0.15) is 47.5 Å². The zero-order valence-corrected chi connectivity index (χ0v) is 15.0. The van der Waals surface area contributed by atoms with E-state index in [0.717, 1.165) is 0 Å². The molecule has 0 aromatic rings. The summed E-state index contributed by atoms with van der Waals surface area (Å²) >= 11 is 0. The van der Waals surface area contributed by atoms with Crippen molar-refractivity contribution in [3.05, 3.63) is 0 Å². The molecule has 23 heavy (non-hydrogen) atoms. The smallest absolute Gasteiger partial charge is 0.408 e.